The first kappa shape index (κ1) is 13.7. The number of carbonyl (C=O) groups excluding carboxylic acids is 1. The van der Waals surface area contributed by atoms with Gasteiger partial charge in [0, 0.05) is 13.1 Å². The summed E-state index contributed by atoms with van der Waals surface area (Å²) in [5.41, 5.74) is 0. The van der Waals surface area contributed by atoms with Crippen molar-refractivity contribution in [2.75, 3.05) is 19.7 Å². The van der Waals surface area contributed by atoms with Crippen LogP contribution < -0.4 is 10.6 Å². The van der Waals surface area contributed by atoms with Crippen molar-refractivity contribution in [3.63, 3.8) is 0 Å². The molecular formula is C11H24N2O2Si. The van der Waals surface area contributed by atoms with Gasteiger partial charge in [0.15, 0.2) is 8.32 Å². The lowest BCUT2D eigenvalue weighted by atomic mass is 10.2. The zero-order valence-electron chi connectivity index (χ0n) is 11.0. The number of piperazine rings is 1. The van der Waals surface area contributed by atoms with Crippen LogP contribution in [0, 0.1) is 0 Å². The second-order valence-electron chi connectivity index (χ2n) is 5.87. The van der Waals surface area contributed by atoms with Gasteiger partial charge < -0.3 is 15.1 Å². The highest BCUT2D eigenvalue weighted by molar-refractivity contribution is 6.74. The Labute approximate surface area is 99.3 Å². The van der Waals surface area contributed by atoms with Gasteiger partial charge in [-0.1, -0.05) is 20.8 Å². The molecule has 16 heavy (non-hydrogen) atoms. The van der Waals surface area contributed by atoms with Crippen LogP contribution in [0.3, 0.4) is 0 Å². The molecule has 94 valence electrons. The maximum absolute atomic E-state index is 11.5. The first-order valence-corrected chi connectivity index (χ1v) is 8.80. The van der Waals surface area contributed by atoms with E-state index in [1.807, 2.05) is 0 Å². The summed E-state index contributed by atoms with van der Waals surface area (Å²) in [6.45, 7) is 13.0. The Morgan fingerprint density at radius 3 is 2.50 bits per heavy atom. The highest BCUT2D eigenvalue weighted by Gasteiger charge is 2.38. The molecule has 0 aromatic heterocycles. The predicted octanol–water partition coefficient (Wildman–Crippen LogP) is 1.10. The largest absolute Gasteiger partial charge is 0.415 e. The second kappa shape index (κ2) is 4.85. The predicted molar refractivity (Wildman–Crippen MR) is 67.9 cm³/mol. The van der Waals surface area contributed by atoms with Crippen LogP contribution in [0.2, 0.25) is 18.1 Å². The van der Waals surface area contributed by atoms with Gasteiger partial charge in [0.2, 0.25) is 5.91 Å². The van der Waals surface area contributed by atoms with Crippen molar-refractivity contribution < 1.29 is 9.22 Å². The summed E-state index contributed by atoms with van der Waals surface area (Å²) >= 11 is 0. The zero-order valence-corrected chi connectivity index (χ0v) is 12.0. The molecule has 1 aliphatic heterocycles. The average molecular weight is 244 g/mol. The molecule has 1 atom stereocenters. The monoisotopic (exact) mass is 244 g/mol. The van der Waals surface area contributed by atoms with Crippen LogP contribution in [-0.2, 0) is 9.22 Å². The van der Waals surface area contributed by atoms with Gasteiger partial charge in [-0.05, 0) is 18.1 Å². The number of hydrogen-bond donors (Lipinski definition) is 2. The van der Waals surface area contributed by atoms with E-state index in [1.165, 1.54) is 0 Å². The number of hydrogen-bond acceptors (Lipinski definition) is 3. The van der Waals surface area contributed by atoms with Gasteiger partial charge >= 0.3 is 0 Å². The van der Waals surface area contributed by atoms with Crippen LogP contribution in [0.15, 0.2) is 0 Å². The van der Waals surface area contributed by atoms with Crippen molar-refractivity contribution in [1.29, 1.82) is 0 Å². The van der Waals surface area contributed by atoms with Crippen LogP contribution in [0.1, 0.15) is 20.8 Å². The molecule has 0 spiro atoms. The molecule has 0 bridgehead atoms. The normalized spacial score (nSPS) is 23.1. The first-order valence-electron chi connectivity index (χ1n) is 5.89. The van der Waals surface area contributed by atoms with Crippen LogP contribution in [0.25, 0.3) is 0 Å². The molecule has 1 heterocycles. The van der Waals surface area contributed by atoms with Gasteiger partial charge in [0.25, 0.3) is 0 Å². The zero-order chi connectivity index (χ0) is 12.4. The highest BCUT2D eigenvalue weighted by Crippen LogP contribution is 2.36. The fourth-order valence-corrected chi connectivity index (χ4v) is 2.31. The van der Waals surface area contributed by atoms with E-state index in [1.54, 1.807) is 0 Å². The molecule has 0 saturated carbocycles. The molecule has 4 nitrogen and oxygen atoms in total. The van der Waals surface area contributed by atoms with Gasteiger partial charge in [-0.2, -0.15) is 0 Å². The van der Waals surface area contributed by atoms with Gasteiger partial charge in [-0.15, -0.1) is 0 Å². The van der Waals surface area contributed by atoms with E-state index >= 15 is 0 Å². The summed E-state index contributed by atoms with van der Waals surface area (Å²) in [6.07, 6.45) is 0. The van der Waals surface area contributed by atoms with E-state index in [0.717, 1.165) is 13.1 Å². The third kappa shape index (κ3) is 3.30. The SMILES string of the molecule is CC(C)(C)[Si](C)(C)OC[C@@H]1NCCNC1=O. The van der Waals surface area contributed by atoms with E-state index in [4.69, 9.17) is 4.43 Å². The molecule has 0 unspecified atom stereocenters. The fourth-order valence-electron chi connectivity index (χ4n) is 1.29. The smallest absolute Gasteiger partial charge is 0.239 e. The standard InChI is InChI=1S/C11H24N2O2Si/c1-11(2,3)16(4,5)15-8-9-10(14)13-7-6-12-9/h9,12H,6-8H2,1-5H3,(H,13,14)/t9-/m0/s1. The van der Waals surface area contributed by atoms with Gasteiger partial charge in [-0.25, -0.2) is 0 Å². The number of amides is 1. The first-order chi connectivity index (χ1) is 7.24. The quantitative estimate of drug-likeness (QED) is 0.731. The lowest BCUT2D eigenvalue weighted by Crippen LogP contribution is -2.56. The minimum absolute atomic E-state index is 0.0601. The summed E-state index contributed by atoms with van der Waals surface area (Å²) < 4.78 is 6.02. The van der Waals surface area contributed by atoms with Gasteiger partial charge in [-0.3, -0.25) is 4.79 Å². The number of carbonyl (C=O) groups is 1. The van der Waals surface area contributed by atoms with Crippen LogP contribution in [-0.4, -0.2) is 40.0 Å². The maximum atomic E-state index is 11.5. The van der Waals surface area contributed by atoms with E-state index in [-0.39, 0.29) is 17.0 Å². The minimum Gasteiger partial charge on any atom is -0.415 e. The molecule has 1 rings (SSSR count). The Morgan fingerprint density at radius 2 is 2.00 bits per heavy atom. The topological polar surface area (TPSA) is 50.4 Å². The third-order valence-corrected chi connectivity index (χ3v) is 8.05. The summed E-state index contributed by atoms with van der Waals surface area (Å²) in [7, 11) is -1.74. The third-order valence-electron chi connectivity index (χ3n) is 3.55. The Morgan fingerprint density at radius 1 is 1.38 bits per heavy atom. The summed E-state index contributed by atoms with van der Waals surface area (Å²) in [5, 5.41) is 6.21. The second-order valence-corrected chi connectivity index (χ2v) is 10.7. The summed E-state index contributed by atoms with van der Waals surface area (Å²) in [5.74, 6) is 0.0601. The molecule has 0 aromatic carbocycles. The summed E-state index contributed by atoms with van der Waals surface area (Å²) in [6, 6.07) is -0.178. The Bertz CT molecular complexity index is 261. The van der Waals surface area contributed by atoms with E-state index in [0.29, 0.717) is 6.61 Å². The Balaban J connectivity index is 2.47. The molecule has 1 saturated heterocycles. The molecule has 0 aromatic rings. The Hall–Kier alpha value is -0.393. The molecule has 0 aliphatic carbocycles. The molecule has 1 amide bonds. The molecule has 0 radical (unpaired) electrons. The van der Waals surface area contributed by atoms with Crippen LogP contribution in [0.5, 0.6) is 0 Å². The van der Waals surface area contributed by atoms with Crippen molar-refractivity contribution in [3.8, 4) is 0 Å². The lowest BCUT2D eigenvalue weighted by molar-refractivity contribution is -0.125. The molecule has 2 N–H and O–H groups in total. The van der Waals surface area contributed by atoms with E-state index in [9.17, 15) is 4.79 Å². The van der Waals surface area contributed by atoms with E-state index < -0.39 is 8.32 Å². The van der Waals surface area contributed by atoms with Crippen molar-refractivity contribution in [2.24, 2.45) is 0 Å². The van der Waals surface area contributed by atoms with E-state index in [2.05, 4.69) is 44.5 Å². The maximum Gasteiger partial charge on any atom is 0.239 e. The van der Waals surface area contributed by atoms with Gasteiger partial charge in [0.05, 0.1) is 6.61 Å². The highest BCUT2D eigenvalue weighted by atomic mass is 28.4. The van der Waals surface area contributed by atoms with Gasteiger partial charge in [0.1, 0.15) is 6.04 Å². The minimum atomic E-state index is -1.74. The van der Waals surface area contributed by atoms with Crippen molar-refractivity contribution in [3.05, 3.63) is 0 Å². The van der Waals surface area contributed by atoms with Crippen LogP contribution in [0.4, 0.5) is 0 Å². The molecule has 5 heteroatoms. The van der Waals surface area contributed by atoms with Crippen molar-refractivity contribution in [2.45, 2.75) is 44.9 Å². The average Bonchev–Trinajstić information content (AvgIpc) is 2.15. The Kier molecular flexibility index (Phi) is 4.15. The molecular weight excluding hydrogens is 220 g/mol. The molecule has 1 fully saturated rings. The number of rotatable bonds is 3. The summed E-state index contributed by atoms with van der Waals surface area (Å²) in [4.78, 5) is 11.5. The van der Waals surface area contributed by atoms with Crippen molar-refractivity contribution >= 4 is 14.2 Å². The lowest BCUT2D eigenvalue weighted by Gasteiger charge is -2.37. The fraction of sp³-hybridized carbons (Fsp3) is 0.909. The van der Waals surface area contributed by atoms with Crippen LogP contribution >= 0.6 is 0 Å². The molecule has 1 aliphatic rings. The number of nitrogens with one attached hydrogen (secondary N) is 2. The van der Waals surface area contributed by atoms with Crippen molar-refractivity contribution in [1.82, 2.24) is 10.6 Å².